The van der Waals surface area contributed by atoms with E-state index in [1.54, 1.807) is 6.92 Å². The highest BCUT2D eigenvalue weighted by molar-refractivity contribution is 5.79. The Morgan fingerprint density at radius 3 is 2.29 bits per heavy atom. The number of benzene rings is 2. The number of aliphatic hydroxyl groups excluding tert-OH is 1. The number of aliphatic hydroxyl groups is 1. The van der Waals surface area contributed by atoms with E-state index in [1.807, 2.05) is 67.6 Å². The first-order valence-electron chi connectivity index (χ1n) is 10.8. The number of alkyl carbamates (subject to hydrolysis) is 1. The molecule has 1 saturated carbocycles. The molecular weight excluding hydrogens is 392 g/mol. The van der Waals surface area contributed by atoms with Gasteiger partial charge in [0.1, 0.15) is 6.61 Å². The maximum atomic E-state index is 12.6. The van der Waals surface area contributed by atoms with Gasteiger partial charge in [0, 0.05) is 12.0 Å². The first-order valence-corrected chi connectivity index (χ1v) is 10.8. The van der Waals surface area contributed by atoms with Crippen molar-refractivity contribution in [3.8, 4) is 0 Å². The second-order valence-electron chi connectivity index (χ2n) is 8.75. The molecule has 2 aromatic carbocycles. The third-order valence-corrected chi connectivity index (χ3v) is 6.29. The normalized spacial score (nSPS) is 22.6. The molecule has 1 aliphatic rings. The second kappa shape index (κ2) is 9.96. The Morgan fingerprint density at radius 2 is 1.68 bits per heavy atom. The zero-order chi connectivity index (χ0) is 22.4. The average Bonchev–Trinajstić information content (AvgIpc) is 3.48. The molecular formula is C25H32N2O4. The van der Waals surface area contributed by atoms with E-state index in [1.165, 1.54) is 0 Å². The van der Waals surface area contributed by atoms with Crippen molar-refractivity contribution in [2.24, 2.45) is 17.3 Å². The Balaban J connectivity index is 1.69. The molecule has 1 fully saturated rings. The van der Waals surface area contributed by atoms with Crippen molar-refractivity contribution in [3.05, 3.63) is 71.8 Å². The number of hydrogen-bond acceptors (Lipinski definition) is 4. The van der Waals surface area contributed by atoms with Gasteiger partial charge >= 0.3 is 6.09 Å². The molecule has 0 aromatic heterocycles. The predicted octanol–water partition coefficient (Wildman–Crippen LogP) is 3.81. The number of hydrogen-bond donors (Lipinski definition) is 3. The summed E-state index contributed by atoms with van der Waals surface area (Å²) in [6, 6.07) is 18.8. The van der Waals surface area contributed by atoms with Crippen molar-refractivity contribution in [1.82, 2.24) is 10.6 Å². The lowest BCUT2D eigenvalue weighted by Gasteiger charge is -2.28. The smallest absolute Gasteiger partial charge is 0.407 e. The van der Waals surface area contributed by atoms with E-state index in [4.69, 9.17) is 4.74 Å². The topological polar surface area (TPSA) is 87.7 Å². The summed E-state index contributed by atoms with van der Waals surface area (Å²) in [6.45, 7) is 5.89. The Morgan fingerprint density at radius 1 is 1.06 bits per heavy atom. The lowest BCUT2D eigenvalue weighted by molar-refractivity contribution is -0.126. The zero-order valence-corrected chi connectivity index (χ0v) is 18.4. The third kappa shape index (κ3) is 5.64. The summed E-state index contributed by atoms with van der Waals surface area (Å²) in [6.07, 6.45) is 0.337. The van der Waals surface area contributed by atoms with Gasteiger partial charge in [0.05, 0.1) is 12.6 Å². The average molecular weight is 425 g/mol. The standard InChI is InChI=1S/C25H32N2O4/c1-17(15-28)26-23(29)18(2)21-14-25(21,3)22(20-12-8-5-9-13-20)27-24(30)31-16-19-10-6-4-7-11-19/h4-13,17-18,21-22,28H,14-16H2,1-3H3,(H,26,29)(H,27,30)/t17?,18?,21?,22?,25-/m0/s1. The number of rotatable bonds is 9. The molecule has 6 nitrogen and oxygen atoms in total. The molecule has 31 heavy (non-hydrogen) atoms. The maximum Gasteiger partial charge on any atom is 0.407 e. The number of carbonyl (C=O) groups is 2. The van der Waals surface area contributed by atoms with Gasteiger partial charge < -0.3 is 20.5 Å². The summed E-state index contributed by atoms with van der Waals surface area (Å²) in [5, 5.41) is 15.1. The van der Waals surface area contributed by atoms with Crippen LogP contribution in [0.4, 0.5) is 4.79 Å². The third-order valence-electron chi connectivity index (χ3n) is 6.29. The van der Waals surface area contributed by atoms with Crippen LogP contribution in [0.3, 0.4) is 0 Å². The zero-order valence-electron chi connectivity index (χ0n) is 18.4. The fourth-order valence-electron chi connectivity index (χ4n) is 4.25. The van der Waals surface area contributed by atoms with Crippen molar-refractivity contribution in [3.63, 3.8) is 0 Å². The van der Waals surface area contributed by atoms with Crippen molar-refractivity contribution >= 4 is 12.0 Å². The van der Waals surface area contributed by atoms with Crippen LogP contribution in [-0.2, 0) is 16.1 Å². The van der Waals surface area contributed by atoms with Gasteiger partial charge in [-0.15, -0.1) is 0 Å². The molecule has 5 atom stereocenters. The minimum atomic E-state index is -0.476. The predicted molar refractivity (Wildman–Crippen MR) is 119 cm³/mol. The first-order chi connectivity index (χ1) is 14.8. The van der Waals surface area contributed by atoms with Crippen LogP contribution < -0.4 is 10.6 Å². The van der Waals surface area contributed by atoms with E-state index in [0.29, 0.717) is 0 Å². The highest BCUT2D eigenvalue weighted by atomic mass is 16.5. The van der Waals surface area contributed by atoms with Crippen molar-refractivity contribution in [1.29, 1.82) is 0 Å². The number of nitrogens with one attached hydrogen (secondary N) is 2. The molecule has 0 spiro atoms. The van der Waals surface area contributed by atoms with Gasteiger partial charge in [-0.05, 0) is 35.8 Å². The molecule has 2 amide bonds. The quantitative estimate of drug-likeness (QED) is 0.571. The molecule has 0 heterocycles. The van der Waals surface area contributed by atoms with Crippen molar-refractivity contribution in [2.45, 2.75) is 45.9 Å². The van der Waals surface area contributed by atoms with Crippen LogP contribution in [0.15, 0.2) is 60.7 Å². The van der Waals surface area contributed by atoms with Crippen LogP contribution in [0, 0.1) is 17.3 Å². The van der Waals surface area contributed by atoms with Crippen LogP contribution in [0.2, 0.25) is 0 Å². The number of carbonyl (C=O) groups excluding carboxylic acids is 2. The van der Waals surface area contributed by atoms with Crippen molar-refractivity contribution in [2.75, 3.05) is 6.61 Å². The van der Waals surface area contributed by atoms with Gasteiger partial charge in [-0.2, -0.15) is 0 Å². The lowest BCUT2D eigenvalue weighted by atomic mass is 9.86. The lowest BCUT2D eigenvalue weighted by Crippen LogP contribution is -2.40. The Bertz CT molecular complexity index is 874. The van der Waals surface area contributed by atoms with Crippen LogP contribution in [0.25, 0.3) is 0 Å². The molecule has 4 unspecified atom stereocenters. The van der Waals surface area contributed by atoms with Crippen LogP contribution >= 0.6 is 0 Å². The summed E-state index contributed by atoms with van der Waals surface area (Å²) in [5.74, 6) is -0.195. The summed E-state index contributed by atoms with van der Waals surface area (Å²) >= 11 is 0. The Labute approximate surface area is 184 Å². The van der Waals surface area contributed by atoms with E-state index in [9.17, 15) is 14.7 Å². The van der Waals surface area contributed by atoms with Gasteiger partial charge in [0.2, 0.25) is 5.91 Å². The molecule has 0 saturated heterocycles. The number of ether oxygens (including phenoxy) is 1. The van der Waals surface area contributed by atoms with Gasteiger partial charge in [0.25, 0.3) is 0 Å². The maximum absolute atomic E-state index is 12.6. The molecule has 0 radical (unpaired) electrons. The van der Waals surface area contributed by atoms with E-state index < -0.39 is 6.09 Å². The van der Waals surface area contributed by atoms with Gasteiger partial charge in [-0.25, -0.2) is 4.79 Å². The molecule has 6 heteroatoms. The Hall–Kier alpha value is -2.86. The van der Waals surface area contributed by atoms with Gasteiger partial charge in [-0.3, -0.25) is 4.79 Å². The summed E-state index contributed by atoms with van der Waals surface area (Å²) in [4.78, 5) is 25.2. The summed E-state index contributed by atoms with van der Waals surface area (Å²) in [7, 11) is 0. The van der Waals surface area contributed by atoms with E-state index in [2.05, 4.69) is 17.6 Å². The monoisotopic (exact) mass is 424 g/mol. The highest BCUT2D eigenvalue weighted by Gasteiger charge is 2.59. The minimum Gasteiger partial charge on any atom is -0.445 e. The summed E-state index contributed by atoms with van der Waals surface area (Å²) < 4.78 is 5.46. The van der Waals surface area contributed by atoms with Gasteiger partial charge in [0.15, 0.2) is 0 Å². The molecule has 166 valence electrons. The van der Waals surface area contributed by atoms with Crippen LogP contribution in [0.1, 0.15) is 44.4 Å². The van der Waals surface area contributed by atoms with E-state index in [0.717, 1.165) is 17.5 Å². The molecule has 3 rings (SSSR count). The molecule has 2 aromatic rings. The fourth-order valence-corrected chi connectivity index (χ4v) is 4.25. The molecule has 0 bridgehead atoms. The first kappa shape index (κ1) is 22.8. The molecule has 1 aliphatic carbocycles. The largest absolute Gasteiger partial charge is 0.445 e. The van der Waals surface area contributed by atoms with E-state index >= 15 is 0 Å². The molecule has 3 N–H and O–H groups in total. The summed E-state index contributed by atoms with van der Waals surface area (Å²) in [5.41, 5.74) is 1.64. The van der Waals surface area contributed by atoms with E-state index in [-0.39, 0.29) is 48.5 Å². The number of amides is 2. The minimum absolute atomic E-state index is 0.0752. The second-order valence-corrected chi connectivity index (χ2v) is 8.75. The molecule has 0 aliphatic heterocycles. The van der Waals surface area contributed by atoms with Crippen LogP contribution in [0.5, 0.6) is 0 Å². The fraction of sp³-hybridized carbons (Fsp3) is 0.440. The van der Waals surface area contributed by atoms with Gasteiger partial charge in [-0.1, -0.05) is 74.5 Å². The van der Waals surface area contributed by atoms with Crippen LogP contribution in [-0.4, -0.2) is 29.8 Å². The van der Waals surface area contributed by atoms with Crippen molar-refractivity contribution < 1.29 is 19.4 Å². The highest BCUT2D eigenvalue weighted by Crippen LogP contribution is 2.63. The Kier molecular flexibility index (Phi) is 7.33. The SMILES string of the molecule is CC(CO)NC(=O)C(C)C1C[C@]1(C)C(NC(=O)OCc1ccccc1)c1ccccc1.